The van der Waals surface area contributed by atoms with Crippen molar-refractivity contribution < 1.29 is 4.90 Å². The number of aromatic nitrogens is 4. The van der Waals surface area contributed by atoms with Crippen LogP contribution in [0.1, 0.15) is 5.56 Å². The minimum Gasteiger partial charge on any atom is -0.345 e. The van der Waals surface area contributed by atoms with E-state index in [1.54, 1.807) is 11.2 Å². The van der Waals surface area contributed by atoms with Crippen LogP contribution >= 0.6 is 0 Å². The molecule has 1 saturated heterocycles. The van der Waals surface area contributed by atoms with Crippen molar-refractivity contribution in [1.82, 2.24) is 19.7 Å². The molecule has 0 amide bonds. The van der Waals surface area contributed by atoms with Gasteiger partial charge in [-0.1, -0.05) is 17.7 Å². The van der Waals surface area contributed by atoms with E-state index in [1.165, 1.54) is 5.56 Å². The van der Waals surface area contributed by atoms with Gasteiger partial charge in [-0.2, -0.15) is 5.10 Å². The number of piperazine rings is 1. The predicted octanol–water partition coefficient (Wildman–Crippen LogP) is 0.459. The lowest BCUT2D eigenvalue weighted by molar-refractivity contribution is -0.880. The monoisotopic (exact) mass is 309 g/mol. The van der Waals surface area contributed by atoms with Gasteiger partial charge in [-0.15, -0.1) is 0 Å². The summed E-state index contributed by atoms with van der Waals surface area (Å²) in [4.78, 5) is 12.9. The maximum atomic E-state index is 4.55. The summed E-state index contributed by atoms with van der Waals surface area (Å²) in [5.41, 5.74) is 3.13. The topological polar surface area (TPSA) is 51.3 Å². The molecule has 0 aliphatic carbocycles. The fraction of sp³-hybridized carbons (Fsp3) is 0.353. The molecule has 118 valence electrons. The average molecular weight is 309 g/mol. The Hall–Kier alpha value is -2.47. The van der Waals surface area contributed by atoms with Crippen molar-refractivity contribution in [1.29, 1.82) is 0 Å². The molecule has 0 atom stereocenters. The molecule has 1 aliphatic heterocycles. The van der Waals surface area contributed by atoms with E-state index in [-0.39, 0.29) is 0 Å². The summed E-state index contributed by atoms with van der Waals surface area (Å²) in [6, 6.07) is 8.33. The molecule has 6 heteroatoms. The van der Waals surface area contributed by atoms with Gasteiger partial charge in [0.2, 0.25) is 0 Å². The SMILES string of the molecule is Cc1ccc(-n2ncc3c(N4CC[NH+](C)CC4)ncnc32)cc1. The lowest BCUT2D eigenvalue weighted by atomic mass is 10.2. The molecule has 1 N–H and O–H groups in total. The van der Waals surface area contributed by atoms with Crippen LogP contribution in [0.5, 0.6) is 0 Å². The van der Waals surface area contributed by atoms with Crippen LogP contribution in [0, 0.1) is 6.92 Å². The zero-order valence-corrected chi connectivity index (χ0v) is 13.5. The number of quaternary nitrogens is 1. The lowest BCUT2D eigenvalue weighted by Crippen LogP contribution is -3.12. The van der Waals surface area contributed by atoms with Crippen molar-refractivity contribution in [2.24, 2.45) is 0 Å². The van der Waals surface area contributed by atoms with Crippen LogP contribution in [-0.4, -0.2) is 53.0 Å². The summed E-state index contributed by atoms with van der Waals surface area (Å²) >= 11 is 0. The molecule has 4 rings (SSSR count). The predicted molar refractivity (Wildman–Crippen MR) is 90.2 cm³/mol. The maximum Gasteiger partial charge on any atom is 0.168 e. The van der Waals surface area contributed by atoms with E-state index in [0.717, 1.165) is 48.7 Å². The first kappa shape index (κ1) is 14.1. The Bertz CT molecular complexity index is 815. The molecule has 1 aliphatic rings. The van der Waals surface area contributed by atoms with E-state index >= 15 is 0 Å². The Morgan fingerprint density at radius 2 is 1.78 bits per heavy atom. The second-order valence-corrected chi connectivity index (χ2v) is 6.27. The molecule has 0 bridgehead atoms. The third kappa shape index (κ3) is 2.55. The first-order valence-corrected chi connectivity index (χ1v) is 8.04. The Balaban J connectivity index is 1.76. The van der Waals surface area contributed by atoms with Gasteiger partial charge in [-0.05, 0) is 19.1 Å². The molecular weight excluding hydrogens is 288 g/mol. The quantitative estimate of drug-likeness (QED) is 0.747. The highest BCUT2D eigenvalue weighted by Gasteiger charge is 2.21. The summed E-state index contributed by atoms with van der Waals surface area (Å²) in [7, 11) is 2.24. The third-order valence-corrected chi connectivity index (χ3v) is 4.54. The number of rotatable bonds is 2. The molecule has 2 aromatic heterocycles. The van der Waals surface area contributed by atoms with Gasteiger partial charge in [-0.25, -0.2) is 14.6 Å². The summed E-state index contributed by atoms with van der Waals surface area (Å²) in [5, 5.41) is 5.57. The zero-order chi connectivity index (χ0) is 15.8. The van der Waals surface area contributed by atoms with Crippen molar-refractivity contribution in [2.75, 3.05) is 38.1 Å². The number of likely N-dealkylation sites (N-methyl/N-ethyl adjacent to an activating group) is 1. The number of anilines is 1. The van der Waals surface area contributed by atoms with Crippen molar-refractivity contribution in [3.8, 4) is 5.69 Å². The highest BCUT2D eigenvalue weighted by atomic mass is 15.3. The highest BCUT2D eigenvalue weighted by Crippen LogP contribution is 2.24. The third-order valence-electron chi connectivity index (χ3n) is 4.54. The standard InChI is InChI=1S/C17H20N6/c1-13-3-5-14(6-4-13)23-17-15(11-20-23)16(18-12-19-17)22-9-7-21(2)8-10-22/h3-6,11-12H,7-10H2,1-2H3/p+1. The van der Waals surface area contributed by atoms with Gasteiger partial charge in [0, 0.05) is 0 Å². The lowest BCUT2D eigenvalue weighted by Gasteiger charge is -2.30. The van der Waals surface area contributed by atoms with Gasteiger partial charge in [0.1, 0.15) is 12.1 Å². The molecule has 0 unspecified atom stereocenters. The molecule has 0 spiro atoms. The molecule has 23 heavy (non-hydrogen) atoms. The molecule has 3 heterocycles. The van der Waals surface area contributed by atoms with Crippen molar-refractivity contribution in [3.63, 3.8) is 0 Å². The Morgan fingerprint density at radius 1 is 1.04 bits per heavy atom. The van der Waals surface area contributed by atoms with Crippen LogP contribution in [-0.2, 0) is 0 Å². The Morgan fingerprint density at radius 3 is 2.52 bits per heavy atom. The van der Waals surface area contributed by atoms with Crippen LogP contribution in [0.2, 0.25) is 0 Å². The van der Waals surface area contributed by atoms with E-state index in [0.29, 0.717) is 0 Å². The number of benzene rings is 1. The molecule has 1 aromatic carbocycles. The molecule has 1 fully saturated rings. The molecule has 3 aromatic rings. The molecule has 6 nitrogen and oxygen atoms in total. The Kier molecular flexibility index (Phi) is 3.46. The second kappa shape index (κ2) is 5.62. The first-order chi connectivity index (χ1) is 11.2. The van der Waals surface area contributed by atoms with Crippen molar-refractivity contribution in [2.45, 2.75) is 6.92 Å². The minimum atomic E-state index is 0.866. The summed E-state index contributed by atoms with van der Waals surface area (Å²) < 4.78 is 1.89. The van der Waals surface area contributed by atoms with Gasteiger partial charge in [0.15, 0.2) is 5.65 Å². The van der Waals surface area contributed by atoms with Crippen LogP contribution in [0.4, 0.5) is 5.82 Å². The number of hydrogen-bond donors (Lipinski definition) is 1. The number of aryl methyl sites for hydroxylation is 1. The van der Waals surface area contributed by atoms with Crippen LogP contribution < -0.4 is 9.80 Å². The smallest absolute Gasteiger partial charge is 0.168 e. The van der Waals surface area contributed by atoms with Crippen LogP contribution in [0.3, 0.4) is 0 Å². The summed E-state index contributed by atoms with van der Waals surface area (Å²) in [6.07, 6.45) is 3.53. The van der Waals surface area contributed by atoms with Gasteiger partial charge >= 0.3 is 0 Å². The fourth-order valence-electron chi connectivity index (χ4n) is 3.06. The van der Waals surface area contributed by atoms with Gasteiger partial charge in [0.05, 0.1) is 50.5 Å². The van der Waals surface area contributed by atoms with Crippen molar-refractivity contribution in [3.05, 3.63) is 42.4 Å². The summed E-state index contributed by atoms with van der Waals surface area (Å²) in [5.74, 6) is 1.00. The highest BCUT2D eigenvalue weighted by molar-refractivity contribution is 5.87. The average Bonchev–Trinajstić information content (AvgIpc) is 3.00. The fourth-order valence-corrected chi connectivity index (χ4v) is 3.06. The minimum absolute atomic E-state index is 0.866. The maximum absolute atomic E-state index is 4.55. The molecule has 0 radical (unpaired) electrons. The first-order valence-electron chi connectivity index (χ1n) is 8.04. The summed E-state index contributed by atoms with van der Waals surface area (Å²) in [6.45, 7) is 6.40. The molecule has 0 saturated carbocycles. The number of hydrogen-bond acceptors (Lipinski definition) is 4. The van der Waals surface area contributed by atoms with Gasteiger partial charge in [0.25, 0.3) is 0 Å². The zero-order valence-electron chi connectivity index (χ0n) is 13.5. The van der Waals surface area contributed by atoms with E-state index in [4.69, 9.17) is 0 Å². The largest absolute Gasteiger partial charge is 0.345 e. The second-order valence-electron chi connectivity index (χ2n) is 6.27. The van der Waals surface area contributed by atoms with E-state index in [1.807, 2.05) is 10.9 Å². The normalized spacial score (nSPS) is 16.2. The van der Waals surface area contributed by atoms with E-state index in [2.05, 4.69) is 58.2 Å². The van der Waals surface area contributed by atoms with Crippen molar-refractivity contribution >= 4 is 16.9 Å². The number of nitrogens with zero attached hydrogens (tertiary/aromatic N) is 5. The van der Waals surface area contributed by atoms with E-state index < -0.39 is 0 Å². The number of fused-ring (bicyclic) bond motifs is 1. The van der Waals surface area contributed by atoms with E-state index in [9.17, 15) is 0 Å². The number of nitrogens with one attached hydrogen (secondary N) is 1. The van der Waals surface area contributed by atoms with Gasteiger partial charge < -0.3 is 9.80 Å². The molecular formula is C17H21N6+. The van der Waals surface area contributed by atoms with Crippen LogP contribution in [0.15, 0.2) is 36.8 Å². The van der Waals surface area contributed by atoms with Gasteiger partial charge in [-0.3, -0.25) is 0 Å². The Labute approximate surface area is 135 Å². The van der Waals surface area contributed by atoms with Crippen LogP contribution in [0.25, 0.3) is 16.7 Å².